The second kappa shape index (κ2) is 7.01. The molecule has 1 aliphatic heterocycles. The molecule has 1 saturated heterocycles. The number of aliphatic carboxylic acids is 1. The maximum atomic E-state index is 12.9. The summed E-state index contributed by atoms with van der Waals surface area (Å²) in [5, 5.41) is 9.86. The zero-order chi connectivity index (χ0) is 17.9. The normalized spacial score (nSPS) is 19.8. The predicted molar refractivity (Wildman–Crippen MR) is 92.3 cm³/mol. The standard InChI is InChI=1S/C19H21N3O3/c1-2-6-16-15(11-20-13-21-16)17(23)22-10-9-19(12-22,18(24)25)14-7-4-3-5-8-14/h3-5,7-8,11,13H,2,6,9-10,12H2,1H3,(H,24,25)/t19-/m0/s1. The lowest BCUT2D eigenvalue weighted by Gasteiger charge is -2.25. The van der Waals surface area contributed by atoms with Gasteiger partial charge in [0.05, 0.1) is 11.3 Å². The molecule has 1 atom stereocenters. The second-order valence-electron chi connectivity index (χ2n) is 6.36. The molecule has 1 aromatic heterocycles. The Labute approximate surface area is 146 Å². The Morgan fingerprint density at radius 2 is 2.04 bits per heavy atom. The average Bonchev–Trinajstić information content (AvgIpc) is 3.09. The Kier molecular flexibility index (Phi) is 4.79. The summed E-state index contributed by atoms with van der Waals surface area (Å²) in [7, 11) is 0. The molecule has 0 unspecified atom stereocenters. The van der Waals surface area contributed by atoms with Crippen molar-refractivity contribution >= 4 is 11.9 Å². The molecule has 6 nitrogen and oxygen atoms in total. The van der Waals surface area contributed by atoms with Gasteiger partial charge >= 0.3 is 5.97 Å². The van der Waals surface area contributed by atoms with Crippen LogP contribution in [0.15, 0.2) is 42.9 Å². The summed E-state index contributed by atoms with van der Waals surface area (Å²) >= 11 is 0. The summed E-state index contributed by atoms with van der Waals surface area (Å²) in [5.41, 5.74) is 0.863. The van der Waals surface area contributed by atoms with Gasteiger partial charge in [0.25, 0.3) is 5.91 Å². The van der Waals surface area contributed by atoms with Crippen LogP contribution in [0.4, 0.5) is 0 Å². The number of carboxylic acid groups (broad SMARTS) is 1. The Balaban J connectivity index is 1.89. The molecule has 25 heavy (non-hydrogen) atoms. The third-order valence-electron chi connectivity index (χ3n) is 4.80. The number of hydrogen-bond acceptors (Lipinski definition) is 4. The van der Waals surface area contributed by atoms with Gasteiger partial charge < -0.3 is 10.0 Å². The maximum absolute atomic E-state index is 12.9. The highest BCUT2D eigenvalue weighted by molar-refractivity contribution is 5.96. The lowest BCUT2D eigenvalue weighted by Crippen LogP contribution is -2.40. The predicted octanol–water partition coefficient (Wildman–Crippen LogP) is 2.30. The first-order valence-corrected chi connectivity index (χ1v) is 8.45. The van der Waals surface area contributed by atoms with E-state index in [4.69, 9.17) is 0 Å². The summed E-state index contributed by atoms with van der Waals surface area (Å²) in [6.07, 6.45) is 4.94. The van der Waals surface area contributed by atoms with Crippen LogP contribution in [0.5, 0.6) is 0 Å². The Morgan fingerprint density at radius 1 is 1.28 bits per heavy atom. The van der Waals surface area contributed by atoms with Crippen molar-refractivity contribution in [3.05, 3.63) is 59.7 Å². The number of nitrogens with zero attached hydrogens (tertiary/aromatic N) is 3. The number of carboxylic acids is 1. The van der Waals surface area contributed by atoms with Crippen LogP contribution in [-0.4, -0.2) is 44.9 Å². The summed E-state index contributed by atoms with van der Waals surface area (Å²) in [4.78, 5) is 34.8. The number of rotatable bonds is 5. The first-order chi connectivity index (χ1) is 12.1. The van der Waals surface area contributed by atoms with Gasteiger partial charge in [-0.25, -0.2) is 9.97 Å². The molecule has 0 saturated carbocycles. The fourth-order valence-corrected chi connectivity index (χ4v) is 3.41. The molecule has 1 amide bonds. The van der Waals surface area contributed by atoms with E-state index >= 15 is 0 Å². The van der Waals surface area contributed by atoms with E-state index in [9.17, 15) is 14.7 Å². The first-order valence-electron chi connectivity index (χ1n) is 8.45. The largest absolute Gasteiger partial charge is 0.481 e. The molecule has 0 aliphatic carbocycles. The van der Waals surface area contributed by atoms with Crippen LogP contribution in [0.1, 0.15) is 41.4 Å². The summed E-state index contributed by atoms with van der Waals surface area (Å²) in [6.45, 7) is 2.59. The number of hydrogen-bond donors (Lipinski definition) is 1. The maximum Gasteiger partial charge on any atom is 0.316 e. The lowest BCUT2D eigenvalue weighted by atomic mass is 9.80. The molecule has 130 valence electrons. The van der Waals surface area contributed by atoms with Crippen LogP contribution < -0.4 is 0 Å². The average molecular weight is 339 g/mol. The molecule has 2 aromatic rings. The molecule has 1 aromatic carbocycles. The van der Waals surface area contributed by atoms with Crippen molar-refractivity contribution in [2.45, 2.75) is 31.6 Å². The minimum Gasteiger partial charge on any atom is -0.481 e. The van der Waals surface area contributed by atoms with Gasteiger partial charge in [-0.15, -0.1) is 0 Å². The number of aromatic nitrogens is 2. The smallest absolute Gasteiger partial charge is 0.316 e. The molecule has 6 heteroatoms. The van der Waals surface area contributed by atoms with E-state index in [2.05, 4.69) is 9.97 Å². The van der Waals surface area contributed by atoms with Crippen molar-refractivity contribution in [3.8, 4) is 0 Å². The van der Waals surface area contributed by atoms with E-state index in [0.29, 0.717) is 24.9 Å². The van der Waals surface area contributed by atoms with Crippen molar-refractivity contribution < 1.29 is 14.7 Å². The second-order valence-corrected chi connectivity index (χ2v) is 6.36. The van der Waals surface area contributed by atoms with Gasteiger partial charge in [0.15, 0.2) is 0 Å². The van der Waals surface area contributed by atoms with E-state index in [1.165, 1.54) is 12.5 Å². The Hall–Kier alpha value is -2.76. The van der Waals surface area contributed by atoms with Crippen LogP contribution in [0.2, 0.25) is 0 Å². The number of amides is 1. The Morgan fingerprint density at radius 3 is 2.72 bits per heavy atom. The summed E-state index contributed by atoms with van der Waals surface area (Å²) < 4.78 is 0. The van der Waals surface area contributed by atoms with Crippen molar-refractivity contribution in [3.63, 3.8) is 0 Å². The zero-order valence-electron chi connectivity index (χ0n) is 14.2. The number of aryl methyl sites for hydroxylation is 1. The number of carbonyl (C=O) groups excluding carboxylic acids is 1. The highest BCUT2D eigenvalue weighted by atomic mass is 16.4. The molecule has 0 bridgehead atoms. The zero-order valence-corrected chi connectivity index (χ0v) is 14.2. The monoisotopic (exact) mass is 339 g/mol. The topological polar surface area (TPSA) is 83.4 Å². The number of benzene rings is 1. The Bertz CT molecular complexity index is 778. The van der Waals surface area contributed by atoms with E-state index in [1.54, 1.807) is 4.90 Å². The fourth-order valence-electron chi connectivity index (χ4n) is 3.41. The lowest BCUT2D eigenvalue weighted by molar-refractivity contribution is -0.143. The molecule has 1 N–H and O–H groups in total. The first kappa shape index (κ1) is 17.1. The van der Waals surface area contributed by atoms with Gasteiger partial charge in [0.2, 0.25) is 0 Å². The summed E-state index contributed by atoms with van der Waals surface area (Å²) in [6, 6.07) is 9.14. The van der Waals surface area contributed by atoms with Gasteiger partial charge in [0.1, 0.15) is 11.7 Å². The van der Waals surface area contributed by atoms with Crippen molar-refractivity contribution in [2.75, 3.05) is 13.1 Å². The van der Waals surface area contributed by atoms with Crippen LogP contribution in [0, 0.1) is 0 Å². The van der Waals surface area contributed by atoms with Gasteiger partial charge in [-0.05, 0) is 18.4 Å². The van der Waals surface area contributed by atoms with Crippen molar-refractivity contribution in [2.24, 2.45) is 0 Å². The molecular formula is C19H21N3O3. The van der Waals surface area contributed by atoms with E-state index in [0.717, 1.165) is 17.7 Å². The van der Waals surface area contributed by atoms with Gasteiger partial charge in [0, 0.05) is 19.3 Å². The highest BCUT2D eigenvalue weighted by Crippen LogP contribution is 2.35. The number of carbonyl (C=O) groups is 2. The summed E-state index contributed by atoms with van der Waals surface area (Å²) in [5.74, 6) is -1.09. The van der Waals surface area contributed by atoms with E-state index < -0.39 is 11.4 Å². The van der Waals surface area contributed by atoms with Crippen molar-refractivity contribution in [1.82, 2.24) is 14.9 Å². The van der Waals surface area contributed by atoms with Crippen molar-refractivity contribution in [1.29, 1.82) is 0 Å². The van der Waals surface area contributed by atoms with E-state index in [1.807, 2.05) is 37.3 Å². The third kappa shape index (κ3) is 3.12. The highest BCUT2D eigenvalue weighted by Gasteiger charge is 2.47. The van der Waals surface area contributed by atoms with E-state index in [-0.39, 0.29) is 12.5 Å². The molecule has 0 spiro atoms. The molecule has 1 aliphatic rings. The molecule has 0 radical (unpaired) electrons. The molecule has 1 fully saturated rings. The van der Waals surface area contributed by atoms with Crippen LogP contribution in [0.25, 0.3) is 0 Å². The van der Waals surface area contributed by atoms with Gasteiger partial charge in [-0.1, -0.05) is 43.7 Å². The van der Waals surface area contributed by atoms with Gasteiger partial charge in [-0.3, -0.25) is 9.59 Å². The minimum absolute atomic E-state index is 0.158. The molecule has 2 heterocycles. The number of likely N-dealkylation sites (tertiary alicyclic amines) is 1. The third-order valence-corrected chi connectivity index (χ3v) is 4.80. The van der Waals surface area contributed by atoms with Crippen LogP contribution in [0.3, 0.4) is 0 Å². The molecule has 3 rings (SSSR count). The molecular weight excluding hydrogens is 318 g/mol. The van der Waals surface area contributed by atoms with Crippen LogP contribution in [-0.2, 0) is 16.6 Å². The fraction of sp³-hybridized carbons (Fsp3) is 0.368. The minimum atomic E-state index is -1.06. The quantitative estimate of drug-likeness (QED) is 0.904. The van der Waals surface area contributed by atoms with Crippen LogP contribution >= 0.6 is 0 Å². The van der Waals surface area contributed by atoms with Gasteiger partial charge in [-0.2, -0.15) is 0 Å². The SMILES string of the molecule is CCCc1ncncc1C(=O)N1CC[C@@](C(=O)O)(c2ccccc2)C1.